The molecule has 0 aliphatic heterocycles. The van der Waals surface area contributed by atoms with Gasteiger partial charge in [0, 0.05) is 23.5 Å². The molecule has 0 fully saturated rings. The highest BCUT2D eigenvalue weighted by Gasteiger charge is 2.05. The van der Waals surface area contributed by atoms with Crippen LogP contribution in [0, 0.1) is 13.8 Å². The Balaban J connectivity index is 1.71. The molecule has 2 N–H and O–H groups in total. The molecule has 0 spiro atoms. The molecule has 21 heavy (non-hydrogen) atoms. The minimum Gasteiger partial charge on any atom is -0.381 e. The van der Waals surface area contributed by atoms with Crippen LogP contribution in [0.15, 0.2) is 54.6 Å². The molecular weight excluding hydrogens is 258 g/mol. The van der Waals surface area contributed by atoms with Crippen molar-refractivity contribution in [3.63, 3.8) is 0 Å². The Kier molecular flexibility index (Phi) is 3.73. The third-order valence-corrected chi connectivity index (χ3v) is 3.74. The number of aryl methyl sites for hydroxylation is 2. The fraction of sp³-hybridized carbons (Fsp3) is 0.167. The van der Waals surface area contributed by atoms with Crippen LogP contribution < -0.4 is 5.32 Å². The Morgan fingerprint density at radius 3 is 2.19 bits per heavy atom. The molecule has 3 nitrogen and oxygen atoms in total. The third-order valence-electron chi connectivity index (χ3n) is 3.74. The van der Waals surface area contributed by atoms with Crippen LogP contribution in [0.25, 0.3) is 11.1 Å². The molecule has 0 aliphatic carbocycles. The maximum Gasteiger partial charge on any atom is 0.0643 e. The van der Waals surface area contributed by atoms with Gasteiger partial charge in [-0.2, -0.15) is 5.10 Å². The molecule has 0 saturated carbocycles. The summed E-state index contributed by atoms with van der Waals surface area (Å²) in [6, 6.07) is 18.9. The van der Waals surface area contributed by atoms with Gasteiger partial charge in [-0.15, -0.1) is 0 Å². The summed E-state index contributed by atoms with van der Waals surface area (Å²) in [4.78, 5) is 0. The topological polar surface area (TPSA) is 40.7 Å². The van der Waals surface area contributed by atoms with Gasteiger partial charge in [0.1, 0.15) is 0 Å². The van der Waals surface area contributed by atoms with Crippen molar-refractivity contribution in [3.8, 4) is 11.1 Å². The van der Waals surface area contributed by atoms with Crippen LogP contribution in [0.2, 0.25) is 0 Å². The molecule has 3 heteroatoms. The first kappa shape index (κ1) is 13.4. The number of anilines is 1. The molecule has 0 bridgehead atoms. The lowest BCUT2D eigenvalue weighted by Gasteiger charge is -2.08. The Labute approximate surface area is 125 Å². The molecule has 0 saturated heterocycles. The van der Waals surface area contributed by atoms with E-state index in [1.807, 2.05) is 13.0 Å². The van der Waals surface area contributed by atoms with E-state index >= 15 is 0 Å². The number of nitrogens with one attached hydrogen (secondary N) is 2. The predicted octanol–water partition coefficient (Wildman–Crippen LogP) is 4.31. The number of aromatic amines is 1. The number of hydrogen-bond acceptors (Lipinski definition) is 2. The maximum atomic E-state index is 4.22. The first-order valence-electron chi connectivity index (χ1n) is 7.14. The molecule has 1 heterocycles. The van der Waals surface area contributed by atoms with E-state index in [0.717, 1.165) is 23.6 Å². The molecule has 0 unspecified atom stereocenters. The fourth-order valence-corrected chi connectivity index (χ4v) is 2.44. The number of H-pyrrole nitrogens is 1. The van der Waals surface area contributed by atoms with Crippen LogP contribution in [-0.2, 0) is 6.54 Å². The van der Waals surface area contributed by atoms with Gasteiger partial charge < -0.3 is 5.32 Å². The van der Waals surface area contributed by atoms with Crippen molar-refractivity contribution < 1.29 is 0 Å². The standard InChI is InChI=1S/C18H19N3/c1-13-18(14(2)21-20-13)12-19-17-10-8-16(9-11-17)15-6-4-3-5-7-15/h3-11,19H,12H2,1-2H3,(H,20,21). The van der Waals surface area contributed by atoms with Crippen molar-refractivity contribution in [1.82, 2.24) is 10.2 Å². The highest BCUT2D eigenvalue weighted by Crippen LogP contribution is 2.21. The summed E-state index contributed by atoms with van der Waals surface area (Å²) < 4.78 is 0. The highest BCUT2D eigenvalue weighted by atomic mass is 15.1. The molecule has 0 amide bonds. The van der Waals surface area contributed by atoms with Crippen LogP contribution in [0.5, 0.6) is 0 Å². The van der Waals surface area contributed by atoms with Gasteiger partial charge in [-0.1, -0.05) is 42.5 Å². The van der Waals surface area contributed by atoms with E-state index in [0.29, 0.717) is 0 Å². The summed E-state index contributed by atoms with van der Waals surface area (Å²) in [5.74, 6) is 0. The highest BCUT2D eigenvalue weighted by molar-refractivity contribution is 5.65. The Morgan fingerprint density at radius 1 is 0.905 bits per heavy atom. The van der Waals surface area contributed by atoms with E-state index in [1.165, 1.54) is 16.7 Å². The molecule has 3 aromatic rings. The lowest BCUT2D eigenvalue weighted by molar-refractivity contribution is 1.02. The Bertz CT molecular complexity index is 692. The average Bonchev–Trinajstić information content (AvgIpc) is 2.85. The number of aromatic nitrogens is 2. The van der Waals surface area contributed by atoms with Gasteiger partial charge in [0.15, 0.2) is 0 Å². The fourth-order valence-electron chi connectivity index (χ4n) is 2.44. The van der Waals surface area contributed by atoms with E-state index < -0.39 is 0 Å². The smallest absolute Gasteiger partial charge is 0.0643 e. The number of hydrogen-bond donors (Lipinski definition) is 2. The van der Waals surface area contributed by atoms with E-state index in [2.05, 4.69) is 71.0 Å². The van der Waals surface area contributed by atoms with Gasteiger partial charge in [-0.05, 0) is 37.1 Å². The first-order valence-corrected chi connectivity index (χ1v) is 7.14. The summed E-state index contributed by atoms with van der Waals surface area (Å²) >= 11 is 0. The predicted molar refractivity (Wildman–Crippen MR) is 87.3 cm³/mol. The summed E-state index contributed by atoms with van der Waals surface area (Å²) in [5.41, 5.74) is 7.01. The minimum absolute atomic E-state index is 0.791. The maximum absolute atomic E-state index is 4.22. The summed E-state index contributed by atoms with van der Waals surface area (Å²) in [6.07, 6.45) is 0. The average molecular weight is 277 g/mol. The lowest BCUT2D eigenvalue weighted by Crippen LogP contribution is -2.01. The van der Waals surface area contributed by atoms with Crippen molar-refractivity contribution >= 4 is 5.69 Å². The van der Waals surface area contributed by atoms with Crippen LogP contribution in [0.4, 0.5) is 5.69 Å². The first-order chi connectivity index (χ1) is 10.2. The second-order valence-corrected chi connectivity index (χ2v) is 5.21. The molecule has 2 aromatic carbocycles. The zero-order chi connectivity index (χ0) is 14.7. The van der Waals surface area contributed by atoms with Crippen LogP contribution in [-0.4, -0.2) is 10.2 Å². The Hall–Kier alpha value is -2.55. The van der Waals surface area contributed by atoms with Gasteiger partial charge in [-0.3, -0.25) is 5.10 Å². The third kappa shape index (κ3) is 2.97. The lowest BCUT2D eigenvalue weighted by atomic mass is 10.1. The van der Waals surface area contributed by atoms with Crippen LogP contribution >= 0.6 is 0 Å². The minimum atomic E-state index is 0.791. The zero-order valence-corrected chi connectivity index (χ0v) is 12.4. The van der Waals surface area contributed by atoms with Crippen LogP contribution in [0.3, 0.4) is 0 Å². The summed E-state index contributed by atoms with van der Waals surface area (Å²) in [6.45, 7) is 4.87. The quantitative estimate of drug-likeness (QED) is 0.746. The molecule has 1 aromatic heterocycles. The Morgan fingerprint density at radius 2 is 1.57 bits per heavy atom. The molecule has 0 radical (unpaired) electrons. The SMILES string of the molecule is Cc1n[nH]c(C)c1CNc1ccc(-c2ccccc2)cc1. The molecule has 0 atom stereocenters. The number of rotatable bonds is 4. The zero-order valence-electron chi connectivity index (χ0n) is 12.4. The number of nitrogens with zero attached hydrogens (tertiary/aromatic N) is 1. The van der Waals surface area contributed by atoms with Crippen molar-refractivity contribution in [3.05, 3.63) is 71.5 Å². The summed E-state index contributed by atoms with van der Waals surface area (Å²) in [7, 11) is 0. The second kappa shape index (κ2) is 5.83. The molecular formula is C18H19N3. The number of benzene rings is 2. The van der Waals surface area contributed by atoms with Gasteiger partial charge >= 0.3 is 0 Å². The summed E-state index contributed by atoms with van der Waals surface area (Å²) in [5, 5.41) is 10.7. The van der Waals surface area contributed by atoms with Crippen molar-refractivity contribution in [2.45, 2.75) is 20.4 Å². The van der Waals surface area contributed by atoms with Gasteiger partial charge in [0.2, 0.25) is 0 Å². The van der Waals surface area contributed by atoms with E-state index in [9.17, 15) is 0 Å². The van der Waals surface area contributed by atoms with Crippen molar-refractivity contribution in [2.24, 2.45) is 0 Å². The second-order valence-electron chi connectivity index (χ2n) is 5.21. The van der Waals surface area contributed by atoms with E-state index in [-0.39, 0.29) is 0 Å². The van der Waals surface area contributed by atoms with Gasteiger partial charge in [0.05, 0.1) is 5.69 Å². The molecule has 106 valence electrons. The largest absolute Gasteiger partial charge is 0.381 e. The van der Waals surface area contributed by atoms with Gasteiger partial charge in [-0.25, -0.2) is 0 Å². The molecule has 3 rings (SSSR count). The van der Waals surface area contributed by atoms with E-state index in [4.69, 9.17) is 0 Å². The van der Waals surface area contributed by atoms with Gasteiger partial charge in [0.25, 0.3) is 0 Å². The van der Waals surface area contributed by atoms with Crippen LogP contribution in [0.1, 0.15) is 17.0 Å². The van der Waals surface area contributed by atoms with E-state index in [1.54, 1.807) is 0 Å². The molecule has 0 aliphatic rings. The van der Waals surface area contributed by atoms with Crippen molar-refractivity contribution in [2.75, 3.05) is 5.32 Å². The van der Waals surface area contributed by atoms with Crippen molar-refractivity contribution in [1.29, 1.82) is 0 Å². The monoisotopic (exact) mass is 277 g/mol. The normalized spacial score (nSPS) is 10.6.